The van der Waals surface area contributed by atoms with Crippen molar-refractivity contribution in [3.63, 3.8) is 0 Å². The molecule has 1 aliphatic heterocycles. The highest BCUT2D eigenvalue weighted by Crippen LogP contribution is 2.10. The second kappa shape index (κ2) is 1.43. The maximum Gasteiger partial charge on any atom is 0.162 e. The first-order chi connectivity index (χ1) is 3.27. The van der Waals surface area contributed by atoms with Gasteiger partial charge >= 0.3 is 0 Å². The molecule has 0 aliphatic carbocycles. The third-order valence-electron chi connectivity index (χ3n) is 1.15. The van der Waals surface area contributed by atoms with Gasteiger partial charge in [-0.3, -0.25) is 5.32 Å². The minimum atomic E-state index is -0.708. The lowest BCUT2D eigenvalue weighted by Crippen LogP contribution is -2.58. The van der Waals surface area contributed by atoms with E-state index in [2.05, 4.69) is 5.32 Å². The molecule has 3 nitrogen and oxygen atoms in total. The van der Waals surface area contributed by atoms with Crippen molar-refractivity contribution >= 4 is 0 Å². The van der Waals surface area contributed by atoms with Crippen LogP contribution in [0.25, 0.3) is 0 Å². The molecule has 42 valence electrons. The molecule has 1 saturated heterocycles. The van der Waals surface area contributed by atoms with Crippen LogP contribution in [0.15, 0.2) is 0 Å². The number of nitrogens with one attached hydrogen (secondary N) is 1. The van der Waals surface area contributed by atoms with E-state index in [0.717, 1.165) is 0 Å². The van der Waals surface area contributed by atoms with Crippen molar-refractivity contribution in [2.75, 3.05) is 20.3 Å². The molecule has 7 heavy (non-hydrogen) atoms. The number of rotatable bonds is 1. The molecule has 0 saturated carbocycles. The van der Waals surface area contributed by atoms with Crippen LogP contribution in [0.3, 0.4) is 0 Å². The minimum Gasteiger partial charge on any atom is -0.372 e. The summed E-state index contributed by atoms with van der Waals surface area (Å²) in [6.45, 7) is 0.840. The smallest absolute Gasteiger partial charge is 0.162 e. The average molecular weight is 103 g/mol. The van der Waals surface area contributed by atoms with Crippen LogP contribution < -0.4 is 5.32 Å². The van der Waals surface area contributed by atoms with Crippen LogP contribution >= 0.6 is 0 Å². The molecule has 0 radical (unpaired) electrons. The molecule has 2 N–H and O–H groups in total. The SMILES string of the molecule is CNC1(O)COC1. The van der Waals surface area contributed by atoms with E-state index < -0.39 is 5.72 Å². The van der Waals surface area contributed by atoms with E-state index in [0.29, 0.717) is 13.2 Å². The lowest BCUT2D eigenvalue weighted by molar-refractivity contribution is -0.192. The van der Waals surface area contributed by atoms with Crippen LogP contribution in [0.4, 0.5) is 0 Å². The minimum absolute atomic E-state index is 0.420. The van der Waals surface area contributed by atoms with Crippen LogP contribution in [0, 0.1) is 0 Å². The maximum atomic E-state index is 8.98. The van der Waals surface area contributed by atoms with Gasteiger partial charge in [-0.1, -0.05) is 0 Å². The molecular formula is C4H9NO2. The van der Waals surface area contributed by atoms with Crippen molar-refractivity contribution in [2.45, 2.75) is 5.72 Å². The normalized spacial score (nSPS) is 26.6. The fraction of sp³-hybridized carbons (Fsp3) is 1.00. The molecule has 1 rings (SSSR count). The molecule has 0 aromatic heterocycles. The van der Waals surface area contributed by atoms with Gasteiger partial charge in [-0.2, -0.15) is 0 Å². The molecule has 0 amide bonds. The maximum absolute atomic E-state index is 8.98. The summed E-state index contributed by atoms with van der Waals surface area (Å²) >= 11 is 0. The number of hydrogen-bond donors (Lipinski definition) is 2. The predicted octanol–water partition coefficient (Wildman–Crippen LogP) is -1.08. The zero-order chi connectivity index (χ0) is 5.33. The summed E-state index contributed by atoms with van der Waals surface area (Å²) in [6.07, 6.45) is 0. The lowest BCUT2D eigenvalue weighted by atomic mass is 10.2. The molecule has 0 unspecified atom stereocenters. The van der Waals surface area contributed by atoms with E-state index in [1.807, 2.05) is 0 Å². The van der Waals surface area contributed by atoms with Gasteiger partial charge in [-0.25, -0.2) is 0 Å². The highest BCUT2D eigenvalue weighted by molar-refractivity contribution is 4.79. The quantitative estimate of drug-likeness (QED) is 0.415. The number of ether oxygens (including phenoxy) is 1. The molecule has 1 fully saturated rings. The van der Waals surface area contributed by atoms with E-state index in [4.69, 9.17) is 9.84 Å². The standard InChI is InChI=1S/C4H9NO2/c1-5-4(6)2-7-3-4/h5-6H,2-3H2,1H3. The Morgan fingerprint density at radius 3 is 2.29 bits per heavy atom. The van der Waals surface area contributed by atoms with Crippen molar-refractivity contribution in [3.05, 3.63) is 0 Å². The third kappa shape index (κ3) is 0.748. The van der Waals surface area contributed by atoms with Gasteiger partial charge in [0.1, 0.15) is 0 Å². The zero-order valence-electron chi connectivity index (χ0n) is 4.27. The first-order valence-electron chi connectivity index (χ1n) is 2.26. The molecule has 1 aliphatic rings. The molecule has 0 aromatic rings. The van der Waals surface area contributed by atoms with Gasteiger partial charge in [0.15, 0.2) is 5.72 Å². The Bertz CT molecular complexity index is 64.6. The van der Waals surface area contributed by atoms with E-state index in [-0.39, 0.29) is 0 Å². The van der Waals surface area contributed by atoms with Crippen molar-refractivity contribution in [1.82, 2.24) is 5.32 Å². The van der Waals surface area contributed by atoms with Crippen molar-refractivity contribution in [3.8, 4) is 0 Å². The van der Waals surface area contributed by atoms with Crippen LogP contribution in [-0.4, -0.2) is 31.1 Å². The van der Waals surface area contributed by atoms with Crippen LogP contribution in [0.1, 0.15) is 0 Å². The van der Waals surface area contributed by atoms with Gasteiger partial charge in [-0.15, -0.1) is 0 Å². The Labute approximate surface area is 42.3 Å². The Hall–Kier alpha value is -0.120. The summed E-state index contributed by atoms with van der Waals surface area (Å²) in [6, 6.07) is 0. The second-order valence-corrected chi connectivity index (χ2v) is 1.77. The second-order valence-electron chi connectivity index (χ2n) is 1.77. The highest BCUT2D eigenvalue weighted by Gasteiger charge is 2.33. The number of likely N-dealkylation sites (N-methyl/N-ethyl adjacent to an activating group) is 1. The lowest BCUT2D eigenvalue weighted by Gasteiger charge is -2.35. The van der Waals surface area contributed by atoms with Crippen LogP contribution in [0.2, 0.25) is 0 Å². The number of aliphatic hydroxyl groups is 1. The Morgan fingerprint density at radius 2 is 2.29 bits per heavy atom. The fourth-order valence-corrected chi connectivity index (χ4v) is 0.440. The summed E-state index contributed by atoms with van der Waals surface area (Å²) in [5, 5.41) is 11.7. The van der Waals surface area contributed by atoms with Crippen molar-refractivity contribution in [2.24, 2.45) is 0 Å². The molecule has 1 heterocycles. The van der Waals surface area contributed by atoms with E-state index in [9.17, 15) is 0 Å². The fourth-order valence-electron chi connectivity index (χ4n) is 0.440. The summed E-state index contributed by atoms with van der Waals surface area (Å²) < 4.78 is 4.72. The summed E-state index contributed by atoms with van der Waals surface area (Å²) in [5.41, 5.74) is -0.708. The summed E-state index contributed by atoms with van der Waals surface area (Å²) in [4.78, 5) is 0. The van der Waals surface area contributed by atoms with E-state index in [1.54, 1.807) is 7.05 Å². The monoisotopic (exact) mass is 103 g/mol. The predicted molar refractivity (Wildman–Crippen MR) is 24.8 cm³/mol. The first kappa shape index (κ1) is 5.03. The summed E-state index contributed by atoms with van der Waals surface area (Å²) in [5.74, 6) is 0. The van der Waals surface area contributed by atoms with E-state index >= 15 is 0 Å². The average Bonchev–Trinajstić information content (AvgIpc) is 1.61. The first-order valence-corrected chi connectivity index (χ1v) is 2.26. The van der Waals surface area contributed by atoms with Gasteiger partial charge in [0.25, 0.3) is 0 Å². The van der Waals surface area contributed by atoms with E-state index in [1.165, 1.54) is 0 Å². The Kier molecular flexibility index (Phi) is 1.03. The Balaban J connectivity index is 2.29. The zero-order valence-corrected chi connectivity index (χ0v) is 4.27. The molecule has 0 bridgehead atoms. The van der Waals surface area contributed by atoms with Crippen molar-refractivity contribution in [1.29, 1.82) is 0 Å². The molecule has 0 spiro atoms. The van der Waals surface area contributed by atoms with Gasteiger partial charge in [-0.05, 0) is 7.05 Å². The molecule has 0 aromatic carbocycles. The van der Waals surface area contributed by atoms with Crippen molar-refractivity contribution < 1.29 is 9.84 Å². The van der Waals surface area contributed by atoms with Gasteiger partial charge in [0.05, 0.1) is 13.2 Å². The Morgan fingerprint density at radius 1 is 1.71 bits per heavy atom. The third-order valence-corrected chi connectivity index (χ3v) is 1.15. The molecular weight excluding hydrogens is 94.0 g/mol. The summed E-state index contributed by atoms with van der Waals surface area (Å²) in [7, 11) is 1.71. The highest BCUT2D eigenvalue weighted by atomic mass is 16.5. The topological polar surface area (TPSA) is 41.5 Å². The van der Waals surface area contributed by atoms with Crippen LogP contribution in [-0.2, 0) is 4.74 Å². The number of hydrogen-bond acceptors (Lipinski definition) is 3. The van der Waals surface area contributed by atoms with Gasteiger partial charge < -0.3 is 9.84 Å². The largest absolute Gasteiger partial charge is 0.372 e. The molecule has 3 heteroatoms. The molecule has 0 atom stereocenters. The van der Waals surface area contributed by atoms with Gasteiger partial charge in [0, 0.05) is 0 Å². The van der Waals surface area contributed by atoms with Crippen LogP contribution in [0.5, 0.6) is 0 Å². The van der Waals surface area contributed by atoms with Gasteiger partial charge in [0.2, 0.25) is 0 Å².